The molecule has 3 nitrogen and oxygen atoms in total. The van der Waals surface area contributed by atoms with Crippen molar-refractivity contribution >= 4 is 27.3 Å². The summed E-state index contributed by atoms with van der Waals surface area (Å²) >= 11 is 5.58. The molecule has 5 heteroatoms. The number of rotatable bonds is 7. The number of unbranched alkanes of at least 4 members (excludes halogenated alkanes) is 1. The number of hydrogen-bond acceptors (Lipinski definition) is 2. The molecule has 0 radical (unpaired) electrons. The average Bonchev–Trinajstić information content (AvgIpc) is 2.32. The number of hydrogen-bond donors (Lipinski definition) is 0. The summed E-state index contributed by atoms with van der Waals surface area (Å²) in [5.41, 5.74) is 1.74. The Kier molecular flexibility index (Phi) is 5.96. The summed E-state index contributed by atoms with van der Waals surface area (Å²) in [5.74, 6) is 0.661. The highest BCUT2D eigenvalue weighted by Crippen LogP contribution is 2.22. The molecule has 0 saturated heterocycles. The van der Waals surface area contributed by atoms with Gasteiger partial charge in [-0.3, -0.25) is 4.31 Å². The number of anilines is 1. The van der Waals surface area contributed by atoms with E-state index in [2.05, 4.69) is 0 Å². The second-order valence-corrected chi connectivity index (χ2v) is 6.55. The monoisotopic (exact) mass is 289 g/mol. The summed E-state index contributed by atoms with van der Waals surface area (Å²) in [6.07, 6.45) is 1.33. The summed E-state index contributed by atoms with van der Waals surface area (Å²) in [7, 11) is -3.25. The van der Waals surface area contributed by atoms with Crippen LogP contribution in [0.3, 0.4) is 0 Å². The third-order valence-electron chi connectivity index (χ3n) is 2.79. The number of aryl methyl sites for hydroxylation is 1. The largest absolute Gasteiger partial charge is 0.270 e. The first-order valence-electron chi connectivity index (χ1n) is 6.15. The highest BCUT2D eigenvalue weighted by atomic mass is 35.5. The molecule has 0 atom stereocenters. The van der Waals surface area contributed by atoms with Gasteiger partial charge in [-0.25, -0.2) is 8.42 Å². The highest BCUT2D eigenvalue weighted by molar-refractivity contribution is 7.92. The Labute approximate surface area is 115 Å². The van der Waals surface area contributed by atoms with Gasteiger partial charge in [0.15, 0.2) is 0 Å². The Morgan fingerprint density at radius 2 is 1.89 bits per heavy atom. The van der Waals surface area contributed by atoms with Gasteiger partial charge in [0.1, 0.15) is 0 Å². The SMILES string of the molecule is CCN(c1ccccc1C)S(=O)(=O)CCCCCl. The van der Waals surface area contributed by atoms with Crippen molar-refractivity contribution < 1.29 is 8.42 Å². The molecule has 0 heterocycles. The third-order valence-corrected chi connectivity index (χ3v) is 4.99. The van der Waals surface area contributed by atoms with Crippen molar-refractivity contribution in [1.29, 1.82) is 0 Å². The second kappa shape index (κ2) is 7.00. The number of sulfonamides is 1. The van der Waals surface area contributed by atoms with Crippen molar-refractivity contribution in [3.63, 3.8) is 0 Å². The van der Waals surface area contributed by atoms with Gasteiger partial charge in [-0.05, 0) is 38.3 Å². The Balaban J connectivity index is 2.93. The predicted octanol–water partition coefficient (Wildman–Crippen LogP) is 3.17. The number of benzene rings is 1. The van der Waals surface area contributed by atoms with E-state index in [0.29, 0.717) is 18.8 Å². The summed E-state index contributed by atoms with van der Waals surface area (Å²) < 4.78 is 26.0. The van der Waals surface area contributed by atoms with E-state index in [9.17, 15) is 8.42 Å². The van der Waals surface area contributed by atoms with Gasteiger partial charge in [-0.1, -0.05) is 18.2 Å². The Hall–Kier alpha value is -0.740. The van der Waals surface area contributed by atoms with Crippen LogP contribution in [-0.2, 0) is 10.0 Å². The van der Waals surface area contributed by atoms with Crippen LogP contribution in [0.5, 0.6) is 0 Å². The fourth-order valence-electron chi connectivity index (χ4n) is 1.85. The lowest BCUT2D eigenvalue weighted by Gasteiger charge is -2.24. The fraction of sp³-hybridized carbons (Fsp3) is 0.538. The van der Waals surface area contributed by atoms with E-state index in [0.717, 1.165) is 17.7 Å². The molecule has 0 bridgehead atoms. The zero-order valence-corrected chi connectivity index (χ0v) is 12.5. The van der Waals surface area contributed by atoms with Gasteiger partial charge in [-0.15, -0.1) is 11.6 Å². The van der Waals surface area contributed by atoms with Crippen LogP contribution in [0.2, 0.25) is 0 Å². The van der Waals surface area contributed by atoms with E-state index in [1.54, 1.807) is 0 Å². The smallest absolute Gasteiger partial charge is 0.235 e. The molecule has 0 aliphatic heterocycles. The Morgan fingerprint density at radius 3 is 2.44 bits per heavy atom. The summed E-state index contributed by atoms with van der Waals surface area (Å²) in [4.78, 5) is 0. The zero-order chi connectivity index (χ0) is 13.6. The van der Waals surface area contributed by atoms with Gasteiger partial charge in [-0.2, -0.15) is 0 Å². The molecule has 0 fully saturated rings. The zero-order valence-electron chi connectivity index (χ0n) is 10.9. The molecule has 0 N–H and O–H groups in total. The predicted molar refractivity (Wildman–Crippen MR) is 77.9 cm³/mol. The highest BCUT2D eigenvalue weighted by Gasteiger charge is 2.21. The van der Waals surface area contributed by atoms with Gasteiger partial charge < -0.3 is 0 Å². The molecular weight excluding hydrogens is 270 g/mol. The van der Waals surface area contributed by atoms with Crippen LogP contribution in [0.25, 0.3) is 0 Å². The lowest BCUT2D eigenvalue weighted by atomic mass is 10.2. The van der Waals surface area contributed by atoms with Crippen LogP contribution in [0.15, 0.2) is 24.3 Å². The van der Waals surface area contributed by atoms with Gasteiger partial charge in [0, 0.05) is 12.4 Å². The lowest BCUT2D eigenvalue weighted by molar-refractivity contribution is 0.588. The van der Waals surface area contributed by atoms with E-state index in [-0.39, 0.29) is 5.75 Å². The van der Waals surface area contributed by atoms with E-state index in [1.165, 1.54) is 4.31 Å². The van der Waals surface area contributed by atoms with Crippen LogP contribution in [-0.4, -0.2) is 26.6 Å². The first kappa shape index (κ1) is 15.3. The summed E-state index contributed by atoms with van der Waals surface area (Å²) in [6, 6.07) is 7.54. The van der Waals surface area contributed by atoms with Crippen molar-refractivity contribution in [1.82, 2.24) is 0 Å². The molecular formula is C13H20ClNO2S. The second-order valence-electron chi connectivity index (χ2n) is 4.16. The minimum atomic E-state index is -3.25. The fourth-order valence-corrected chi connectivity index (χ4v) is 3.73. The summed E-state index contributed by atoms with van der Waals surface area (Å²) in [5, 5.41) is 0. The van der Waals surface area contributed by atoms with E-state index in [4.69, 9.17) is 11.6 Å². The molecule has 0 aliphatic rings. The molecule has 102 valence electrons. The van der Waals surface area contributed by atoms with Crippen molar-refractivity contribution in [3.8, 4) is 0 Å². The van der Waals surface area contributed by atoms with Gasteiger partial charge in [0.2, 0.25) is 10.0 Å². The molecule has 0 spiro atoms. The summed E-state index contributed by atoms with van der Waals surface area (Å²) in [6.45, 7) is 4.23. The van der Waals surface area contributed by atoms with Crippen LogP contribution in [0.1, 0.15) is 25.3 Å². The standard InChI is InChI=1S/C13H20ClNO2S/c1-3-15(13-9-5-4-8-12(13)2)18(16,17)11-7-6-10-14/h4-5,8-9H,3,6-7,10-11H2,1-2H3. The third kappa shape index (κ3) is 3.89. The van der Waals surface area contributed by atoms with E-state index >= 15 is 0 Å². The van der Waals surface area contributed by atoms with Crippen LogP contribution < -0.4 is 4.31 Å². The molecule has 1 aromatic carbocycles. The number of nitrogens with zero attached hydrogens (tertiary/aromatic N) is 1. The van der Waals surface area contributed by atoms with Crippen molar-refractivity contribution in [2.45, 2.75) is 26.7 Å². The van der Waals surface area contributed by atoms with Gasteiger partial charge >= 0.3 is 0 Å². The van der Waals surface area contributed by atoms with Crippen molar-refractivity contribution in [3.05, 3.63) is 29.8 Å². The Bertz CT molecular complexity index is 474. The van der Waals surface area contributed by atoms with Crippen LogP contribution in [0, 0.1) is 6.92 Å². The van der Waals surface area contributed by atoms with Gasteiger partial charge in [0.25, 0.3) is 0 Å². The number of alkyl halides is 1. The first-order chi connectivity index (χ1) is 8.53. The molecule has 0 aliphatic carbocycles. The van der Waals surface area contributed by atoms with Crippen molar-refractivity contribution in [2.24, 2.45) is 0 Å². The van der Waals surface area contributed by atoms with E-state index < -0.39 is 10.0 Å². The molecule has 0 unspecified atom stereocenters. The van der Waals surface area contributed by atoms with Crippen LogP contribution in [0.4, 0.5) is 5.69 Å². The minimum Gasteiger partial charge on any atom is -0.270 e. The number of halogens is 1. The quantitative estimate of drug-likeness (QED) is 0.571. The molecule has 0 amide bonds. The molecule has 1 aromatic rings. The van der Waals surface area contributed by atoms with Gasteiger partial charge in [0.05, 0.1) is 11.4 Å². The molecule has 18 heavy (non-hydrogen) atoms. The maximum Gasteiger partial charge on any atom is 0.235 e. The first-order valence-corrected chi connectivity index (χ1v) is 8.29. The molecule has 0 saturated carbocycles. The van der Waals surface area contributed by atoms with E-state index in [1.807, 2.05) is 38.1 Å². The number of para-hydroxylation sites is 1. The van der Waals surface area contributed by atoms with Crippen LogP contribution >= 0.6 is 11.6 Å². The molecule has 0 aromatic heterocycles. The topological polar surface area (TPSA) is 37.4 Å². The normalized spacial score (nSPS) is 11.5. The van der Waals surface area contributed by atoms with Crippen molar-refractivity contribution in [2.75, 3.05) is 22.5 Å². The molecule has 1 rings (SSSR count). The lowest BCUT2D eigenvalue weighted by Crippen LogP contribution is -2.33. The maximum absolute atomic E-state index is 12.3. The minimum absolute atomic E-state index is 0.155. The Morgan fingerprint density at radius 1 is 1.22 bits per heavy atom. The average molecular weight is 290 g/mol. The maximum atomic E-state index is 12.3.